The maximum absolute atomic E-state index is 10.1. The molecule has 1 aromatic rings. The number of ether oxygens (including phenoxy) is 1. The second-order valence-corrected chi connectivity index (χ2v) is 5.14. The van der Waals surface area contributed by atoms with Crippen molar-refractivity contribution >= 4 is 0 Å². The van der Waals surface area contributed by atoms with Gasteiger partial charge in [-0.2, -0.15) is 0 Å². The topological polar surface area (TPSA) is 52.9 Å². The fraction of sp³-hybridized carbons (Fsp3) is 0.600. The van der Waals surface area contributed by atoms with E-state index in [2.05, 4.69) is 0 Å². The highest BCUT2D eigenvalue weighted by Crippen LogP contribution is 2.21. The summed E-state index contributed by atoms with van der Waals surface area (Å²) in [6.07, 6.45) is 2.14. The molecular weight excluding hydrogens is 242 g/mol. The average Bonchev–Trinajstić information content (AvgIpc) is 2.46. The van der Waals surface area contributed by atoms with Crippen LogP contribution in [0.15, 0.2) is 30.3 Å². The molecule has 0 amide bonds. The third-order valence-corrected chi connectivity index (χ3v) is 3.64. The van der Waals surface area contributed by atoms with Gasteiger partial charge in [0.15, 0.2) is 0 Å². The molecule has 2 atom stereocenters. The minimum Gasteiger partial charge on any atom is -0.396 e. The molecule has 0 spiro atoms. The normalized spacial score (nSPS) is 22.3. The van der Waals surface area contributed by atoms with Gasteiger partial charge in [-0.25, -0.2) is 0 Å². The Morgan fingerprint density at radius 2 is 2.11 bits per heavy atom. The lowest BCUT2D eigenvalue weighted by Gasteiger charge is -2.35. The van der Waals surface area contributed by atoms with Crippen molar-refractivity contribution in [2.24, 2.45) is 5.92 Å². The van der Waals surface area contributed by atoms with Gasteiger partial charge in [-0.3, -0.25) is 4.90 Å². The number of rotatable bonds is 6. The van der Waals surface area contributed by atoms with Gasteiger partial charge in [0.2, 0.25) is 6.41 Å². The number of hydrogen-bond acceptors (Lipinski definition) is 4. The fourth-order valence-corrected chi connectivity index (χ4v) is 2.57. The number of hydrogen-bond donors (Lipinski definition) is 2. The Kier molecular flexibility index (Phi) is 5.79. The molecule has 2 unspecified atom stereocenters. The van der Waals surface area contributed by atoms with E-state index in [4.69, 9.17) is 9.84 Å². The number of aliphatic hydroxyl groups is 2. The lowest BCUT2D eigenvalue weighted by Crippen LogP contribution is -2.44. The zero-order valence-electron chi connectivity index (χ0n) is 11.2. The zero-order chi connectivity index (χ0) is 13.5. The van der Waals surface area contributed by atoms with Crippen LogP contribution in [0.1, 0.15) is 24.8 Å². The van der Waals surface area contributed by atoms with Crippen molar-refractivity contribution in [2.45, 2.75) is 32.3 Å². The van der Waals surface area contributed by atoms with Gasteiger partial charge in [-0.1, -0.05) is 30.3 Å². The number of benzene rings is 1. The first-order chi connectivity index (χ1) is 9.29. The van der Waals surface area contributed by atoms with Crippen LogP contribution in [0.25, 0.3) is 0 Å². The van der Waals surface area contributed by atoms with E-state index < -0.39 is 6.41 Å². The van der Waals surface area contributed by atoms with Gasteiger partial charge in [-0.05, 0) is 30.7 Å². The molecule has 2 rings (SSSR count). The predicted octanol–water partition coefficient (Wildman–Crippen LogP) is 1.57. The van der Waals surface area contributed by atoms with E-state index >= 15 is 0 Å². The summed E-state index contributed by atoms with van der Waals surface area (Å²) < 4.78 is 5.51. The Morgan fingerprint density at radius 1 is 1.32 bits per heavy atom. The molecule has 0 radical (unpaired) electrons. The molecule has 1 heterocycles. The summed E-state index contributed by atoms with van der Waals surface area (Å²) in [6, 6.07) is 9.85. The van der Waals surface area contributed by atoms with Crippen molar-refractivity contribution in [3.05, 3.63) is 35.9 Å². The Bertz CT molecular complexity index is 356. The van der Waals surface area contributed by atoms with E-state index in [9.17, 15) is 5.11 Å². The Hall–Kier alpha value is -0.940. The van der Waals surface area contributed by atoms with E-state index in [-0.39, 0.29) is 6.61 Å². The third-order valence-electron chi connectivity index (χ3n) is 3.64. The molecule has 1 fully saturated rings. The quantitative estimate of drug-likeness (QED) is 0.767. The monoisotopic (exact) mass is 265 g/mol. The summed E-state index contributed by atoms with van der Waals surface area (Å²) in [5, 5.41) is 19.0. The van der Waals surface area contributed by atoms with Gasteiger partial charge < -0.3 is 14.9 Å². The average molecular weight is 265 g/mol. The first-order valence-corrected chi connectivity index (χ1v) is 6.98. The van der Waals surface area contributed by atoms with Gasteiger partial charge in [0, 0.05) is 19.7 Å². The van der Waals surface area contributed by atoms with Crippen molar-refractivity contribution < 1.29 is 14.9 Å². The third kappa shape index (κ3) is 4.58. The van der Waals surface area contributed by atoms with Crippen molar-refractivity contribution in [1.82, 2.24) is 4.90 Å². The second kappa shape index (κ2) is 7.60. The highest BCUT2D eigenvalue weighted by Gasteiger charge is 2.24. The SMILES string of the molecule is OCCC1CCCN(C(O)OCc2ccccc2)C1. The van der Waals surface area contributed by atoms with Crippen LogP contribution in [0.2, 0.25) is 0 Å². The zero-order valence-corrected chi connectivity index (χ0v) is 11.2. The molecule has 4 nitrogen and oxygen atoms in total. The van der Waals surface area contributed by atoms with Crippen LogP contribution < -0.4 is 0 Å². The largest absolute Gasteiger partial charge is 0.396 e. The molecule has 0 aliphatic carbocycles. The first kappa shape index (κ1) is 14.5. The molecule has 0 saturated carbocycles. The van der Waals surface area contributed by atoms with E-state index in [0.717, 1.165) is 37.9 Å². The van der Waals surface area contributed by atoms with E-state index in [0.29, 0.717) is 12.5 Å². The Labute approximate surface area is 114 Å². The number of likely N-dealkylation sites (tertiary alicyclic amines) is 1. The molecule has 1 aliphatic rings. The van der Waals surface area contributed by atoms with Crippen LogP contribution in [0, 0.1) is 5.92 Å². The molecule has 0 aromatic heterocycles. The lowest BCUT2D eigenvalue weighted by atomic mass is 9.95. The van der Waals surface area contributed by atoms with Crippen molar-refractivity contribution in [2.75, 3.05) is 19.7 Å². The van der Waals surface area contributed by atoms with E-state index in [1.54, 1.807) is 0 Å². The van der Waals surface area contributed by atoms with Crippen LogP contribution in [-0.4, -0.2) is 41.2 Å². The van der Waals surface area contributed by atoms with Crippen LogP contribution in [-0.2, 0) is 11.3 Å². The van der Waals surface area contributed by atoms with Crippen molar-refractivity contribution in [1.29, 1.82) is 0 Å². The molecule has 0 bridgehead atoms. The van der Waals surface area contributed by atoms with E-state index in [1.165, 1.54) is 0 Å². The van der Waals surface area contributed by atoms with Crippen LogP contribution in [0.3, 0.4) is 0 Å². The number of nitrogens with zero attached hydrogens (tertiary/aromatic N) is 1. The molecule has 2 N–H and O–H groups in total. The highest BCUT2D eigenvalue weighted by molar-refractivity contribution is 5.13. The van der Waals surface area contributed by atoms with Crippen molar-refractivity contribution in [3.8, 4) is 0 Å². The first-order valence-electron chi connectivity index (χ1n) is 6.98. The number of piperidine rings is 1. The standard InChI is InChI=1S/C15H23NO3/c17-10-8-13-7-4-9-16(11-13)15(18)19-12-14-5-2-1-3-6-14/h1-3,5-6,13,15,17-18H,4,7-12H2. The molecule has 1 aromatic carbocycles. The maximum Gasteiger partial charge on any atom is 0.216 e. The summed E-state index contributed by atoms with van der Waals surface area (Å²) in [5.74, 6) is 0.466. The van der Waals surface area contributed by atoms with Gasteiger partial charge >= 0.3 is 0 Å². The van der Waals surface area contributed by atoms with E-state index in [1.807, 2.05) is 35.2 Å². The Morgan fingerprint density at radius 3 is 2.84 bits per heavy atom. The molecule has 1 aliphatic heterocycles. The molecule has 4 heteroatoms. The Balaban J connectivity index is 1.77. The minimum absolute atomic E-state index is 0.222. The highest BCUT2D eigenvalue weighted by atomic mass is 16.6. The van der Waals surface area contributed by atoms with Crippen LogP contribution >= 0.6 is 0 Å². The van der Waals surface area contributed by atoms with Crippen LogP contribution in [0.5, 0.6) is 0 Å². The number of aliphatic hydroxyl groups excluding tert-OH is 2. The second-order valence-electron chi connectivity index (χ2n) is 5.14. The van der Waals surface area contributed by atoms with Gasteiger partial charge in [0.05, 0.1) is 6.61 Å². The summed E-state index contributed by atoms with van der Waals surface area (Å²) >= 11 is 0. The van der Waals surface area contributed by atoms with Gasteiger partial charge in [0.25, 0.3) is 0 Å². The fourth-order valence-electron chi connectivity index (χ4n) is 2.57. The van der Waals surface area contributed by atoms with Crippen molar-refractivity contribution in [3.63, 3.8) is 0 Å². The van der Waals surface area contributed by atoms with Crippen LogP contribution in [0.4, 0.5) is 0 Å². The summed E-state index contributed by atoms with van der Waals surface area (Å²) in [6.45, 7) is 2.30. The smallest absolute Gasteiger partial charge is 0.216 e. The molecule has 1 saturated heterocycles. The molecule has 106 valence electrons. The summed E-state index contributed by atoms with van der Waals surface area (Å²) in [7, 11) is 0. The minimum atomic E-state index is -0.846. The summed E-state index contributed by atoms with van der Waals surface area (Å²) in [4.78, 5) is 1.95. The predicted molar refractivity (Wildman–Crippen MR) is 73.2 cm³/mol. The summed E-state index contributed by atoms with van der Waals surface area (Å²) in [5.41, 5.74) is 1.06. The van der Waals surface area contributed by atoms with Gasteiger partial charge in [-0.15, -0.1) is 0 Å². The lowest BCUT2D eigenvalue weighted by molar-refractivity contribution is -0.208. The molecular formula is C15H23NO3. The molecule has 19 heavy (non-hydrogen) atoms. The maximum atomic E-state index is 10.1. The van der Waals surface area contributed by atoms with Gasteiger partial charge in [0.1, 0.15) is 0 Å².